The van der Waals surface area contributed by atoms with Crippen LogP contribution < -0.4 is 0 Å². The summed E-state index contributed by atoms with van der Waals surface area (Å²) in [6.07, 6.45) is 75.9. The molecule has 0 saturated heterocycles. The van der Waals surface area contributed by atoms with E-state index in [2.05, 4.69) is 77.9 Å². The molecule has 0 spiro atoms. The van der Waals surface area contributed by atoms with Crippen LogP contribution in [0.3, 0.4) is 0 Å². The predicted molar refractivity (Wildman–Crippen MR) is 359 cm³/mol. The Hall–Kier alpha value is -1.99. The van der Waals surface area contributed by atoms with Crippen molar-refractivity contribution in [3.05, 3.63) is 86.5 Å². The number of benzene rings is 2. The summed E-state index contributed by atoms with van der Waals surface area (Å²) in [5.41, 5.74) is 26.2. The van der Waals surface area contributed by atoms with Gasteiger partial charge in [-0.25, -0.2) is 4.70 Å². The number of hydrogen-bond donors (Lipinski definition) is 0. The normalized spacial score (nSPS) is 12.7. The van der Waals surface area contributed by atoms with Crippen molar-refractivity contribution in [1.29, 1.82) is 0 Å². The van der Waals surface area contributed by atoms with Gasteiger partial charge in [-0.2, -0.15) is 0 Å². The Balaban J connectivity index is 0.0000224. The molecule has 0 aliphatic carbocycles. The van der Waals surface area contributed by atoms with Crippen LogP contribution in [0, 0.1) is 0 Å². The number of unbranched alkanes of at least 4 members (excludes halogenated alkanes) is 44. The molecule has 468 valence electrons. The van der Waals surface area contributed by atoms with E-state index >= 15 is 0 Å². The van der Waals surface area contributed by atoms with Gasteiger partial charge in [0.15, 0.2) is 0 Å². The molecule has 1 aliphatic heterocycles. The Morgan fingerprint density at radius 3 is 0.605 bits per heavy atom. The number of hydrogen-bond acceptors (Lipinski definition) is 0. The van der Waals surface area contributed by atoms with Gasteiger partial charge >= 0.3 is 0 Å². The molecule has 2 aromatic carbocycles. The summed E-state index contributed by atoms with van der Waals surface area (Å²) in [6.45, 7) is 13.9. The van der Waals surface area contributed by atoms with Crippen molar-refractivity contribution >= 4 is 11.4 Å². The SMILES string of the molecule is CCCCCCCCCCCCCCCCCCCCCCCc1cc(CCCCCCCCCCCCCCCCCCCCCCC)cc(C2=C(CCCC)C(CCCC)=C(c3cc(CCCC)cc(CCCC)c3)[N+]2=[N-])c1.[Ni]. The van der Waals surface area contributed by atoms with Gasteiger partial charge in [-0.15, -0.1) is 0 Å². The Kier molecular flexibility index (Phi) is 49.6. The molecule has 3 rings (SSSR count). The molecule has 0 aromatic heterocycles. The fraction of sp³-hybridized carbons (Fsp3) is 0.795. The number of rotatable bonds is 58. The summed E-state index contributed by atoms with van der Waals surface area (Å²) in [5, 5.41) is 0. The third kappa shape index (κ3) is 35.9. The summed E-state index contributed by atoms with van der Waals surface area (Å²) in [4.78, 5) is 0. The third-order valence-electron chi connectivity index (χ3n) is 18.3. The molecule has 3 heteroatoms. The van der Waals surface area contributed by atoms with E-state index in [0.717, 1.165) is 75.6 Å². The van der Waals surface area contributed by atoms with E-state index in [1.807, 2.05) is 0 Å². The van der Waals surface area contributed by atoms with Gasteiger partial charge in [0.05, 0.1) is 0 Å². The zero-order chi connectivity index (χ0) is 57.2. The van der Waals surface area contributed by atoms with Crippen LogP contribution in [-0.2, 0) is 42.2 Å². The first-order chi connectivity index (χ1) is 39.5. The zero-order valence-corrected chi connectivity index (χ0v) is 56.3. The Labute approximate surface area is 517 Å². The molecule has 0 bridgehead atoms. The van der Waals surface area contributed by atoms with E-state index in [1.54, 1.807) is 4.70 Å². The number of aryl methyl sites for hydroxylation is 4. The van der Waals surface area contributed by atoms with E-state index in [0.29, 0.717) is 0 Å². The largest absolute Gasteiger partial charge is 0.493 e. The average molecular weight is 1160 g/mol. The molecular formula is C78H136N2Ni. The van der Waals surface area contributed by atoms with Gasteiger partial charge in [0.25, 0.3) is 0 Å². The van der Waals surface area contributed by atoms with Gasteiger partial charge < -0.3 is 5.53 Å². The van der Waals surface area contributed by atoms with Gasteiger partial charge in [0.2, 0.25) is 11.4 Å². The van der Waals surface area contributed by atoms with E-state index in [-0.39, 0.29) is 16.5 Å². The molecular weight excluding hydrogens is 1020 g/mol. The summed E-state index contributed by atoms with van der Waals surface area (Å²) in [6, 6.07) is 14.9. The standard InChI is InChI=1S/C78H136N2.Ni/c1-7-13-19-21-23-25-27-29-31-33-35-37-39-41-43-45-47-49-51-53-55-59-71-64-72(60-56-54-52-50-48-46-44-42-40-38-36-34-32-30-28-26-24-22-20-14-8-2)68-74(67-71)78-76(62-18-12-6)75(61-17-11-5)77(80(78)79)73-65-69(57-15-9-3)63-70(66-73)58-16-10-4;/h63-68H,7-62H2,1-6H3;. The van der Waals surface area contributed by atoms with Gasteiger partial charge in [-0.3, -0.25) is 0 Å². The van der Waals surface area contributed by atoms with E-state index in [9.17, 15) is 5.53 Å². The molecule has 0 fully saturated rings. The molecule has 0 atom stereocenters. The Morgan fingerprint density at radius 2 is 0.395 bits per heavy atom. The third-order valence-corrected chi connectivity index (χ3v) is 18.3. The van der Waals surface area contributed by atoms with Gasteiger partial charge in [-0.05, 0) is 124 Å². The summed E-state index contributed by atoms with van der Waals surface area (Å²) >= 11 is 0. The van der Waals surface area contributed by atoms with E-state index < -0.39 is 0 Å². The maximum Gasteiger partial charge on any atom is 0.211 e. The molecule has 1 aliphatic rings. The summed E-state index contributed by atoms with van der Waals surface area (Å²) in [7, 11) is 0. The second kappa shape index (κ2) is 53.5. The number of allylic oxidation sites excluding steroid dienone is 2. The van der Waals surface area contributed by atoms with Gasteiger partial charge in [0.1, 0.15) is 0 Å². The topological polar surface area (TPSA) is 25.3 Å². The minimum absolute atomic E-state index is 0. The van der Waals surface area contributed by atoms with Crippen LogP contribution in [0.2, 0.25) is 0 Å². The summed E-state index contributed by atoms with van der Waals surface area (Å²) < 4.78 is 1.71. The molecule has 0 unspecified atom stereocenters. The van der Waals surface area contributed by atoms with Crippen LogP contribution in [-0.4, -0.2) is 4.70 Å². The van der Waals surface area contributed by atoms with Crippen molar-refractivity contribution in [1.82, 2.24) is 0 Å². The van der Waals surface area contributed by atoms with Crippen LogP contribution in [0.15, 0.2) is 47.5 Å². The Morgan fingerprint density at radius 1 is 0.222 bits per heavy atom. The zero-order valence-electron chi connectivity index (χ0n) is 55.3. The first-order valence-corrected chi connectivity index (χ1v) is 36.7. The number of nitrogens with zero attached hydrogens (tertiary/aromatic N) is 2. The minimum Gasteiger partial charge on any atom is -0.493 e. The van der Waals surface area contributed by atoms with Gasteiger partial charge in [0, 0.05) is 38.8 Å². The maximum absolute atomic E-state index is 12.8. The first-order valence-electron chi connectivity index (χ1n) is 36.7. The predicted octanol–water partition coefficient (Wildman–Crippen LogP) is 27.4. The molecule has 0 amide bonds. The minimum atomic E-state index is 0. The van der Waals surface area contributed by atoms with Crippen molar-refractivity contribution < 1.29 is 21.2 Å². The maximum atomic E-state index is 12.8. The monoisotopic (exact) mass is 1160 g/mol. The molecule has 2 aromatic rings. The van der Waals surface area contributed by atoms with Crippen LogP contribution in [0.5, 0.6) is 0 Å². The fourth-order valence-electron chi connectivity index (χ4n) is 13.2. The van der Waals surface area contributed by atoms with Crippen molar-refractivity contribution in [2.75, 3.05) is 0 Å². The van der Waals surface area contributed by atoms with Crippen LogP contribution in [0.25, 0.3) is 16.9 Å². The fourth-order valence-corrected chi connectivity index (χ4v) is 13.2. The van der Waals surface area contributed by atoms with Crippen LogP contribution in [0.1, 0.15) is 409 Å². The van der Waals surface area contributed by atoms with E-state index in [1.165, 1.54) is 340 Å². The van der Waals surface area contributed by atoms with Crippen molar-refractivity contribution in [3.8, 4) is 0 Å². The average Bonchev–Trinajstić information content (AvgIpc) is 3.94. The van der Waals surface area contributed by atoms with Crippen LogP contribution >= 0.6 is 0 Å². The quantitative estimate of drug-likeness (QED) is 0.0358. The van der Waals surface area contributed by atoms with E-state index in [4.69, 9.17) is 0 Å². The smallest absolute Gasteiger partial charge is 0.211 e. The van der Waals surface area contributed by atoms with Crippen molar-refractivity contribution in [3.63, 3.8) is 0 Å². The molecule has 0 N–H and O–H groups in total. The first kappa shape index (κ1) is 75.1. The molecule has 1 heterocycles. The summed E-state index contributed by atoms with van der Waals surface area (Å²) in [5.74, 6) is 0. The van der Waals surface area contributed by atoms with Crippen LogP contribution in [0.4, 0.5) is 0 Å². The second-order valence-corrected chi connectivity index (χ2v) is 26.1. The van der Waals surface area contributed by atoms with Crippen molar-refractivity contribution in [2.24, 2.45) is 0 Å². The second-order valence-electron chi connectivity index (χ2n) is 26.1. The molecule has 0 saturated carbocycles. The molecule has 2 nitrogen and oxygen atoms in total. The molecule has 0 radical (unpaired) electrons. The van der Waals surface area contributed by atoms with Crippen molar-refractivity contribution in [2.45, 2.75) is 401 Å². The molecule has 81 heavy (non-hydrogen) atoms. The Bertz CT molecular complexity index is 1760. The van der Waals surface area contributed by atoms with Gasteiger partial charge in [-0.1, -0.05) is 336 Å².